The third-order valence-corrected chi connectivity index (χ3v) is 3.97. The van der Waals surface area contributed by atoms with E-state index in [9.17, 15) is 10.2 Å². The first-order chi connectivity index (χ1) is 14.2. The first-order valence-corrected chi connectivity index (χ1v) is 9.64. The maximum Gasteiger partial charge on any atom is 0.234 e. The molecule has 0 spiro atoms. The Morgan fingerprint density at radius 3 is 1.90 bits per heavy atom. The zero-order valence-corrected chi connectivity index (χ0v) is 19.1. The number of aliphatic hydroxyl groups excluding tert-OH is 2. The maximum absolute atomic E-state index is 9.51. The van der Waals surface area contributed by atoms with Crippen LogP contribution in [0.2, 0.25) is 10.0 Å². The van der Waals surface area contributed by atoms with Gasteiger partial charge in [0.25, 0.3) is 0 Å². The minimum Gasteiger partial charge on any atom is -0.374 e. The Balaban J connectivity index is 0.00000480. The predicted molar refractivity (Wildman–Crippen MR) is 131 cm³/mol. The molecule has 0 saturated carbocycles. The summed E-state index contributed by atoms with van der Waals surface area (Å²) in [7, 11) is 0. The summed E-state index contributed by atoms with van der Waals surface area (Å²) in [6, 6.07) is 10.2. The number of nitrogens with one attached hydrogen (secondary N) is 3. The first-order valence-electron chi connectivity index (χ1n) is 8.88. The van der Waals surface area contributed by atoms with Crippen LogP contribution in [0.3, 0.4) is 0 Å². The minimum atomic E-state index is -0.763. The lowest BCUT2D eigenvalue weighted by Crippen LogP contribution is -2.26. The van der Waals surface area contributed by atoms with E-state index in [1.165, 1.54) is 12.4 Å². The van der Waals surface area contributed by atoms with Gasteiger partial charge in [0.15, 0.2) is 0 Å². The molecule has 0 radical (unpaired) electrons. The Labute approximate surface area is 196 Å². The Bertz CT molecular complexity index is 950. The van der Waals surface area contributed by atoms with Gasteiger partial charge in [-0.3, -0.25) is 0 Å². The summed E-state index contributed by atoms with van der Waals surface area (Å²) >= 11 is 12.0. The number of anilines is 2. The number of guanidine groups is 1. The predicted octanol–water partition coefficient (Wildman–Crippen LogP) is 3.19. The van der Waals surface area contributed by atoms with Crippen LogP contribution >= 0.6 is 35.6 Å². The Hall–Kier alpha value is -2.56. The monoisotopic (exact) mass is 487 g/mol. The number of hydrazone groups is 1. The lowest BCUT2D eigenvalue weighted by Gasteiger charge is -2.12. The number of benzene rings is 2. The highest BCUT2D eigenvalue weighted by atomic mass is 35.5. The fourth-order valence-corrected chi connectivity index (χ4v) is 2.67. The summed E-state index contributed by atoms with van der Waals surface area (Å²) in [5.41, 5.74) is 10.8. The summed E-state index contributed by atoms with van der Waals surface area (Å²) in [4.78, 5) is 0. The van der Waals surface area contributed by atoms with E-state index in [1.54, 1.807) is 50.2 Å². The van der Waals surface area contributed by atoms with Crippen LogP contribution in [-0.2, 0) is 0 Å². The fourth-order valence-electron chi connectivity index (χ4n) is 2.33. The maximum atomic E-state index is 9.51. The van der Waals surface area contributed by atoms with Crippen molar-refractivity contribution in [1.29, 1.82) is 0 Å². The van der Waals surface area contributed by atoms with E-state index in [-0.39, 0.29) is 18.4 Å². The van der Waals surface area contributed by atoms with Crippen molar-refractivity contribution in [3.63, 3.8) is 0 Å². The van der Waals surface area contributed by atoms with E-state index in [0.29, 0.717) is 32.5 Å². The van der Waals surface area contributed by atoms with Crippen LogP contribution in [0.4, 0.5) is 11.4 Å². The smallest absolute Gasteiger partial charge is 0.234 e. The molecule has 0 aromatic heterocycles. The molecule has 12 heteroatoms. The first kappa shape index (κ1) is 26.5. The molecule has 0 saturated heterocycles. The number of aliphatic hydroxyl groups is 2. The molecule has 2 aromatic rings. The van der Waals surface area contributed by atoms with Crippen molar-refractivity contribution in [3.05, 3.63) is 57.6 Å². The van der Waals surface area contributed by atoms with Gasteiger partial charge in [0.05, 0.1) is 12.4 Å². The molecular formula is C19H24Cl3N7O2. The fraction of sp³-hybridized carbons (Fsp3) is 0.211. The number of halogens is 3. The van der Waals surface area contributed by atoms with Crippen LogP contribution in [0.25, 0.3) is 0 Å². The number of hydrogen-bond donors (Lipinski definition) is 6. The van der Waals surface area contributed by atoms with Gasteiger partial charge in [-0.2, -0.15) is 10.2 Å². The van der Waals surface area contributed by atoms with Crippen LogP contribution in [0.5, 0.6) is 0 Å². The van der Waals surface area contributed by atoms with Crippen molar-refractivity contribution >= 4 is 65.4 Å². The number of nitrogens with zero attached hydrogens (tertiary/aromatic N) is 3. The Morgan fingerprint density at radius 2 is 1.42 bits per heavy atom. The highest BCUT2D eigenvalue weighted by molar-refractivity contribution is 6.31. The molecule has 0 aliphatic carbocycles. The lowest BCUT2D eigenvalue weighted by molar-refractivity contribution is 0.224. The van der Waals surface area contributed by atoms with Crippen molar-refractivity contribution in [2.24, 2.45) is 21.0 Å². The second-order valence-electron chi connectivity index (χ2n) is 6.20. The molecule has 0 aliphatic heterocycles. The third kappa shape index (κ3) is 9.41. The quantitative estimate of drug-likeness (QED) is 0.146. The minimum absolute atomic E-state index is 0. The van der Waals surface area contributed by atoms with Crippen LogP contribution < -0.4 is 21.8 Å². The standard InChI is InChI=1S/C19H23Cl2N7O2.ClH/c1-11(29)25-17-7-15(20)5-3-13(17)9-23-27-19(22)28-24-10-14-4-6-16(21)8-18(14)26-12(2)30;/h3-12,25-26,29-30H,1-2H3,(H3,22,27,28);1H/b23-9+,24-10+;. The van der Waals surface area contributed by atoms with E-state index in [4.69, 9.17) is 28.9 Å². The molecule has 7 N–H and O–H groups in total. The van der Waals surface area contributed by atoms with Gasteiger partial charge in [-0.1, -0.05) is 23.2 Å². The van der Waals surface area contributed by atoms with Crippen LogP contribution in [-0.4, -0.2) is 41.1 Å². The van der Waals surface area contributed by atoms with Crippen molar-refractivity contribution in [2.45, 2.75) is 26.3 Å². The van der Waals surface area contributed by atoms with Gasteiger partial charge in [0.2, 0.25) is 5.96 Å². The molecule has 0 aliphatic rings. The van der Waals surface area contributed by atoms with Gasteiger partial charge in [-0.05, 0) is 50.2 Å². The number of nitrogens with two attached hydrogens (primary N) is 1. The molecule has 0 amide bonds. The van der Waals surface area contributed by atoms with E-state index in [2.05, 4.69) is 31.4 Å². The molecule has 2 atom stereocenters. The van der Waals surface area contributed by atoms with Crippen LogP contribution in [0.1, 0.15) is 25.0 Å². The normalized spacial score (nSPS) is 13.7. The zero-order chi connectivity index (χ0) is 22.1. The largest absolute Gasteiger partial charge is 0.374 e. The van der Waals surface area contributed by atoms with Crippen molar-refractivity contribution < 1.29 is 10.2 Å². The Morgan fingerprint density at radius 1 is 0.935 bits per heavy atom. The van der Waals surface area contributed by atoms with Crippen molar-refractivity contribution in [3.8, 4) is 0 Å². The SMILES string of the molecule is CC(O)Nc1cc(Cl)ccc1/C=N/N=C(N)N/N=C/c1ccc(Cl)cc1NC(C)O.Cl. The summed E-state index contributed by atoms with van der Waals surface area (Å²) in [6.45, 7) is 3.17. The molecule has 2 aromatic carbocycles. The molecular weight excluding hydrogens is 465 g/mol. The third-order valence-electron chi connectivity index (χ3n) is 3.50. The summed E-state index contributed by atoms with van der Waals surface area (Å²) in [6.07, 6.45) is 1.44. The highest BCUT2D eigenvalue weighted by Crippen LogP contribution is 2.21. The lowest BCUT2D eigenvalue weighted by atomic mass is 10.2. The molecule has 31 heavy (non-hydrogen) atoms. The van der Waals surface area contributed by atoms with E-state index in [1.807, 2.05) is 0 Å². The summed E-state index contributed by atoms with van der Waals surface area (Å²) < 4.78 is 0. The van der Waals surface area contributed by atoms with Gasteiger partial charge in [0.1, 0.15) is 12.5 Å². The molecule has 168 valence electrons. The Kier molecular flexibility index (Phi) is 11.1. The van der Waals surface area contributed by atoms with Crippen molar-refractivity contribution in [2.75, 3.05) is 10.6 Å². The van der Waals surface area contributed by atoms with Gasteiger partial charge in [0, 0.05) is 32.5 Å². The molecule has 0 bridgehead atoms. The average molecular weight is 489 g/mol. The average Bonchev–Trinajstić information content (AvgIpc) is 2.64. The second kappa shape index (κ2) is 13.0. The van der Waals surface area contributed by atoms with Crippen LogP contribution in [0.15, 0.2) is 51.7 Å². The second-order valence-corrected chi connectivity index (χ2v) is 7.08. The van der Waals surface area contributed by atoms with Crippen molar-refractivity contribution in [1.82, 2.24) is 5.43 Å². The van der Waals surface area contributed by atoms with Gasteiger partial charge >= 0.3 is 0 Å². The van der Waals surface area contributed by atoms with Gasteiger partial charge < -0.3 is 26.6 Å². The molecule has 2 rings (SSSR count). The van der Waals surface area contributed by atoms with Gasteiger partial charge in [-0.15, -0.1) is 17.5 Å². The summed E-state index contributed by atoms with van der Waals surface area (Å²) in [5, 5.41) is 37.5. The number of hydrogen-bond acceptors (Lipinski definition) is 7. The zero-order valence-electron chi connectivity index (χ0n) is 16.8. The molecule has 2 unspecified atom stereocenters. The van der Waals surface area contributed by atoms with E-state index >= 15 is 0 Å². The van der Waals surface area contributed by atoms with E-state index < -0.39 is 12.5 Å². The molecule has 9 nitrogen and oxygen atoms in total. The highest BCUT2D eigenvalue weighted by Gasteiger charge is 2.05. The topological polar surface area (TPSA) is 140 Å². The number of rotatable bonds is 8. The summed E-state index contributed by atoms with van der Waals surface area (Å²) in [5.74, 6) is -0.0412. The van der Waals surface area contributed by atoms with E-state index in [0.717, 1.165) is 0 Å². The molecule has 0 fully saturated rings. The molecule has 0 heterocycles. The van der Waals surface area contributed by atoms with Gasteiger partial charge in [-0.25, -0.2) is 5.43 Å². The van der Waals surface area contributed by atoms with Crippen LogP contribution in [0, 0.1) is 0 Å².